The van der Waals surface area contributed by atoms with E-state index in [0.29, 0.717) is 6.42 Å². The van der Waals surface area contributed by atoms with Crippen molar-refractivity contribution in [3.05, 3.63) is 0 Å². The van der Waals surface area contributed by atoms with Crippen molar-refractivity contribution in [1.29, 1.82) is 0 Å². The molecule has 0 aromatic heterocycles. The van der Waals surface area contributed by atoms with Gasteiger partial charge in [-0.25, -0.2) is 0 Å². The summed E-state index contributed by atoms with van der Waals surface area (Å²) in [7, 11) is -3.74. The van der Waals surface area contributed by atoms with Crippen LogP contribution in [-0.4, -0.2) is 31.8 Å². The highest BCUT2D eigenvalue weighted by molar-refractivity contribution is 7.85. The van der Waals surface area contributed by atoms with E-state index in [-0.39, 0.29) is 5.75 Å². The first kappa shape index (κ1) is 10.9. The second kappa shape index (κ2) is 5.51. The quantitative estimate of drug-likeness (QED) is 0.456. The molecule has 0 radical (unpaired) electrons. The molecule has 0 heterocycles. The lowest BCUT2D eigenvalue weighted by molar-refractivity contribution is 0.479. The topological polar surface area (TPSA) is 66.4 Å². The van der Waals surface area contributed by atoms with Gasteiger partial charge in [0.05, 0.1) is 5.75 Å². The number of hydrogen-bond donors (Lipinski definition) is 2. The molecular formula is C6H15NO3S. The zero-order valence-corrected chi connectivity index (χ0v) is 7.52. The molecule has 0 aliphatic carbocycles. The van der Waals surface area contributed by atoms with Gasteiger partial charge in [0.25, 0.3) is 10.1 Å². The lowest BCUT2D eigenvalue weighted by Crippen LogP contribution is -2.15. The van der Waals surface area contributed by atoms with Crippen LogP contribution in [-0.2, 0) is 10.1 Å². The first-order valence-electron chi connectivity index (χ1n) is 3.72. The maximum Gasteiger partial charge on any atom is 0.264 e. The molecule has 5 heteroatoms. The summed E-state index contributed by atoms with van der Waals surface area (Å²) in [4.78, 5) is 0. The van der Waals surface area contributed by atoms with Gasteiger partial charge < -0.3 is 5.32 Å². The summed E-state index contributed by atoms with van der Waals surface area (Å²) in [5.74, 6) is -0.127. The molecule has 0 rings (SSSR count). The Kier molecular flexibility index (Phi) is 5.45. The van der Waals surface area contributed by atoms with Crippen LogP contribution in [0, 0.1) is 0 Å². The van der Waals surface area contributed by atoms with Crippen LogP contribution in [0.1, 0.15) is 19.8 Å². The van der Waals surface area contributed by atoms with E-state index < -0.39 is 10.1 Å². The van der Waals surface area contributed by atoms with Gasteiger partial charge in [0.2, 0.25) is 0 Å². The Morgan fingerprint density at radius 1 is 1.36 bits per heavy atom. The molecule has 11 heavy (non-hydrogen) atoms. The van der Waals surface area contributed by atoms with E-state index in [1.165, 1.54) is 0 Å². The number of rotatable bonds is 6. The summed E-state index contributed by atoms with van der Waals surface area (Å²) in [6.45, 7) is 3.70. The minimum absolute atomic E-state index is 0.127. The molecule has 0 atom stereocenters. The standard InChI is InChI=1S/C6H15NO3S/c1-2-7-5-3-4-6-11(8,9)10/h7H,2-6H2,1H3,(H,8,9,10). The molecule has 0 aliphatic rings. The van der Waals surface area contributed by atoms with Crippen molar-refractivity contribution >= 4 is 10.1 Å². The summed E-state index contributed by atoms with van der Waals surface area (Å²) in [6, 6.07) is 0. The molecule has 0 saturated heterocycles. The van der Waals surface area contributed by atoms with Gasteiger partial charge >= 0.3 is 0 Å². The monoisotopic (exact) mass is 181 g/mol. The van der Waals surface area contributed by atoms with Crippen LogP contribution in [0.3, 0.4) is 0 Å². The maximum atomic E-state index is 10.2. The average molecular weight is 181 g/mol. The molecule has 0 aromatic carbocycles. The van der Waals surface area contributed by atoms with Crippen molar-refractivity contribution in [1.82, 2.24) is 5.32 Å². The summed E-state index contributed by atoms with van der Waals surface area (Å²) >= 11 is 0. The number of unbranched alkanes of at least 4 members (excludes halogenated alkanes) is 1. The van der Waals surface area contributed by atoms with Crippen molar-refractivity contribution < 1.29 is 13.0 Å². The lowest BCUT2D eigenvalue weighted by Gasteiger charge is -1.99. The molecule has 0 bridgehead atoms. The van der Waals surface area contributed by atoms with Gasteiger partial charge in [-0.05, 0) is 25.9 Å². The fourth-order valence-electron chi connectivity index (χ4n) is 0.711. The summed E-state index contributed by atoms with van der Waals surface area (Å²) in [5.41, 5.74) is 0. The summed E-state index contributed by atoms with van der Waals surface area (Å²) in [5, 5.41) is 3.06. The van der Waals surface area contributed by atoms with Crippen molar-refractivity contribution in [2.75, 3.05) is 18.8 Å². The maximum absolute atomic E-state index is 10.2. The highest BCUT2D eigenvalue weighted by atomic mass is 32.2. The van der Waals surface area contributed by atoms with Crippen molar-refractivity contribution in [3.63, 3.8) is 0 Å². The third kappa shape index (κ3) is 9.87. The molecule has 0 saturated carbocycles. The van der Waals surface area contributed by atoms with Gasteiger partial charge in [0, 0.05) is 0 Å². The second-order valence-corrected chi connectivity index (χ2v) is 3.92. The summed E-state index contributed by atoms with van der Waals surface area (Å²) in [6.07, 6.45) is 1.31. The van der Waals surface area contributed by atoms with Gasteiger partial charge in [-0.1, -0.05) is 6.92 Å². The normalized spacial score (nSPS) is 11.8. The Hall–Kier alpha value is -0.130. The Morgan fingerprint density at radius 2 is 2.00 bits per heavy atom. The van der Waals surface area contributed by atoms with Crippen LogP contribution in [0.4, 0.5) is 0 Å². The Bertz CT molecular complexity index is 176. The molecule has 4 nitrogen and oxygen atoms in total. The predicted octanol–water partition coefficient (Wildman–Crippen LogP) is 0.264. The van der Waals surface area contributed by atoms with Crippen LogP contribution in [0.5, 0.6) is 0 Å². The first-order chi connectivity index (χ1) is 5.06. The Labute approximate surface area is 67.7 Å². The molecule has 0 aliphatic heterocycles. The zero-order valence-electron chi connectivity index (χ0n) is 6.71. The van der Waals surface area contributed by atoms with Gasteiger partial charge in [-0.2, -0.15) is 8.42 Å². The van der Waals surface area contributed by atoms with E-state index in [1.54, 1.807) is 0 Å². The second-order valence-electron chi connectivity index (χ2n) is 2.35. The SMILES string of the molecule is CCNCCCCS(=O)(=O)O. The van der Waals surface area contributed by atoms with Crippen LogP contribution in [0.2, 0.25) is 0 Å². The highest BCUT2D eigenvalue weighted by Crippen LogP contribution is 1.91. The molecule has 0 aromatic rings. The van der Waals surface area contributed by atoms with Crippen molar-refractivity contribution in [2.45, 2.75) is 19.8 Å². The molecular weight excluding hydrogens is 166 g/mol. The molecule has 68 valence electrons. The minimum atomic E-state index is -3.74. The van der Waals surface area contributed by atoms with E-state index in [1.807, 2.05) is 6.92 Å². The minimum Gasteiger partial charge on any atom is -0.317 e. The highest BCUT2D eigenvalue weighted by Gasteiger charge is 2.01. The number of nitrogens with one attached hydrogen (secondary N) is 1. The fraction of sp³-hybridized carbons (Fsp3) is 1.00. The Morgan fingerprint density at radius 3 is 2.45 bits per heavy atom. The molecule has 0 fully saturated rings. The van der Waals surface area contributed by atoms with E-state index in [9.17, 15) is 8.42 Å². The molecule has 2 N–H and O–H groups in total. The summed E-state index contributed by atoms with van der Waals surface area (Å²) < 4.78 is 28.7. The van der Waals surface area contributed by atoms with Crippen molar-refractivity contribution in [2.24, 2.45) is 0 Å². The van der Waals surface area contributed by atoms with Gasteiger partial charge in [0.15, 0.2) is 0 Å². The van der Waals surface area contributed by atoms with Crippen LogP contribution in [0.15, 0.2) is 0 Å². The Balaban J connectivity index is 3.16. The zero-order chi connectivity index (χ0) is 8.74. The van der Waals surface area contributed by atoms with Crippen LogP contribution >= 0.6 is 0 Å². The van der Waals surface area contributed by atoms with E-state index in [0.717, 1.165) is 19.5 Å². The van der Waals surface area contributed by atoms with Crippen LogP contribution in [0.25, 0.3) is 0 Å². The largest absolute Gasteiger partial charge is 0.317 e. The van der Waals surface area contributed by atoms with Gasteiger partial charge in [0.1, 0.15) is 0 Å². The fourth-order valence-corrected chi connectivity index (χ4v) is 1.28. The van der Waals surface area contributed by atoms with E-state index >= 15 is 0 Å². The smallest absolute Gasteiger partial charge is 0.264 e. The molecule has 0 spiro atoms. The van der Waals surface area contributed by atoms with E-state index in [2.05, 4.69) is 5.32 Å². The number of hydrogen-bond acceptors (Lipinski definition) is 3. The van der Waals surface area contributed by atoms with Crippen LogP contribution < -0.4 is 5.32 Å². The van der Waals surface area contributed by atoms with Gasteiger partial charge in [-0.15, -0.1) is 0 Å². The third-order valence-electron chi connectivity index (χ3n) is 1.26. The molecule has 0 amide bonds. The predicted molar refractivity (Wildman–Crippen MR) is 44.2 cm³/mol. The van der Waals surface area contributed by atoms with Gasteiger partial charge in [-0.3, -0.25) is 4.55 Å². The average Bonchev–Trinajstić information content (AvgIpc) is 1.85. The first-order valence-corrected chi connectivity index (χ1v) is 5.33. The molecule has 0 unspecified atom stereocenters. The third-order valence-corrected chi connectivity index (χ3v) is 2.06. The lowest BCUT2D eigenvalue weighted by atomic mass is 10.3. The van der Waals surface area contributed by atoms with E-state index in [4.69, 9.17) is 4.55 Å². The van der Waals surface area contributed by atoms with Crippen molar-refractivity contribution in [3.8, 4) is 0 Å².